The third-order valence-electron chi connectivity index (χ3n) is 5.80. The lowest BCUT2D eigenvalue weighted by Gasteiger charge is -2.32. The summed E-state index contributed by atoms with van der Waals surface area (Å²) in [4.78, 5) is 17.6. The lowest BCUT2D eigenvalue weighted by molar-refractivity contribution is -0.127. The van der Waals surface area contributed by atoms with Gasteiger partial charge < -0.3 is 14.6 Å². The van der Waals surface area contributed by atoms with Gasteiger partial charge in [0.05, 0.1) is 12.5 Å². The first kappa shape index (κ1) is 16.2. The number of aromatic nitrogens is 2. The zero-order valence-electron chi connectivity index (χ0n) is 14.7. The van der Waals surface area contributed by atoms with Crippen molar-refractivity contribution in [2.24, 2.45) is 0 Å². The molecule has 1 amide bonds. The number of amides is 1. The second kappa shape index (κ2) is 6.54. The van der Waals surface area contributed by atoms with Crippen LogP contribution in [0.15, 0.2) is 36.7 Å². The summed E-state index contributed by atoms with van der Waals surface area (Å²) in [5.41, 5.74) is 0.726. The highest BCUT2D eigenvalue weighted by atomic mass is 16.5. The van der Waals surface area contributed by atoms with Gasteiger partial charge in [0.2, 0.25) is 5.91 Å². The van der Waals surface area contributed by atoms with Crippen LogP contribution in [0.3, 0.4) is 0 Å². The number of nitrogens with one attached hydrogen (secondary N) is 1. The number of hydrogen-bond donors (Lipinski definition) is 1. The Kier molecular flexibility index (Phi) is 4.24. The van der Waals surface area contributed by atoms with Crippen molar-refractivity contribution in [2.75, 3.05) is 7.11 Å². The van der Waals surface area contributed by atoms with Crippen LogP contribution in [0, 0.1) is 0 Å². The Balaban J connectivity index is 1.53. The normalized spacial score (nSPS) is 21.6. The number of ether oxygens (including phenoxy) is 1. The molecule has 2 heterocycles. The summed E-state index contributed by atoms with van der Waals surface area (Å²) in [7, 11) is 1.67. The fourth-order valence-corrected chi connectivity index (χ4v) is 4.34. The van der Waals surface area contributed by atoms with E-state index in [0.29, 0.717) is 0 Å². The van der Waals surface area contributed by atoms with Crippen molar-refractivity contribution < 1.29 is 9.53 Å². The van der Waals surface area contributed by atoms with E-state index >= 15 is 0 Å². The summed E-state index contributed by atoms with van der Waals surface area (Å²) in [6.07, 6.45) is 9.79. The molecule has 1 aromatic carbocycles. The van der Waals surface area contributed by atoms with E-state index < -0.39 is 0 Å². The lowest BCUT2D eigenvalue weighted by atomic mass is 9.77. The SMILES string of the molecule is COc1ccc(C2(C(=O)N[C@H]3CCc4nccn4C3)CCCC2)cc1. The predicted octanol–water partition coefficient (Wildman–Crippen LogP) is 2.83. The second-order valence-corrected chi connectivity index (χ2v) is 7.22. The molecule has 2 aromatic rings. The van der Waals surface area contributed by atoms with Crippen LogP contribution in [0.25, 0.3) is 0 Å². The average Bonchev–Trinajstić information content (AvgIpc) is 3.31. The largest absolute Gasteiger partial charge is 0.497 e. The number of methoxy groups -OCH3 is 1. The molecule has 0 bridgehead atoms. The van der Waals surface area contributed by atoms with Gasteiger partial charge in [0.15, 0.2) is 0 Å². The first-order chi connectivity index (χ1) is 12.2. The predicted molar refractivity (Wildman–Crippen MR) is 95.6 cm³/mol. The van der Waals surface area contributed by atoms with Crippen molar-refractivity contribution in [1.29, 1.82) is 0 Å². The Hall–Kier alpha value is -2.30. The van der Waals surface area contributed by atoms with E-state index in [1.54, 1.807) is 7.11 Å². The Morgan fingerprint density at radius 3 is 2.76 bits per heavy atom. The van der Waals surface area contributed by atoms with Crippen LogP contribution in [-0.4, -0.2) is 28.6 Å². The molecule has 1 atom stereocenters. The van der Waals surface area contributed by atoms with Crippen molar-refractivity contribution in [1.82, 2.24) is 14.9 Å². The lowest BCUT2D eigenvalue weighted by Crippen LogP contribution is -2.49. The van der Waals surface area contributed by atoms with E-state index in [0.717, 1.165) is 62.2 Å². The average molecular weight is 339 g/mol. The van der Waals surface area contributed by atoms with Gasteiger partial charge in [-0.05, 0) is 37.0 Å². The smallest absolute Gasteiger partial charge is 0.230 e. The fraction of sp³-hybridized carbons (Fsp3) is 0.500. The van der Waals surface area contributed by atoms with E-state index in [2.05, 4.69) is 27.0 Å². The number of benzene rings is 1. The summed E-state index contributed by atoms with van der Waals surface area (Å²) in [6, 6.07) is 8.21. The van der Waals surface area contributed by atoms with Gasteiger partial charge in [0, 0.05) is 31.4 Å². The van der Waals surface area contributed by atoms with Crippen molar-refractivity contribution in [2.45, 2.75) is 56.5 Å². The fourth-order valence-electron chi connectivity index (χ4n) is 4.34. The number of nitrogens with zero attached hydrogens (tertiary/aromatic N) is 2. The quantitative estimate of drug-likeness (QED) is 0.932. The number of hydrogen-bond acceptors (Lipinski definition) is 3. The van der Waals surface area contributed by atoms with Crippen LogP contribution in [0.4, 0.5) is 0 Å². The van der Waals surface area contributed by atoms with E-state index in [1.807, 2.05) is 24.5 Å². The number of carbonyl (C=O) groups is 1. The summed E-state index contributed by atoms with van der Waals surface area (Å²) < 4.78 is 7.42. The first-order valence-corrected chi connectivity index (χ1v) is 9.17. The van der Waals surface area contributed by atoms with Gasteiger partial charge in [-0.3, -0.25) is 4.79 Å². The maximum absolute atomic E-state index is 13.3. The van der Waals surface area contributed by atoms with E-state index in [-0.39, 0.29) is 17.4 Å². The van der Waals surface area contributed by atoms with Crippen molar-refractivity contribution in [3.05, 3.63) is 48.0 Å². The molecule has 25 heavy (non-hydrogen) atoms. The Bertz CT molecular complexity index is 745. The van der Waals surface area contributed by atoms with Gasteiger partial charge in [-0.1, -0.05) is 25.0 Å². The van der Waals surface area contributed by atoms with Crippen LogP contribution in [0.2, 0.25) is 0 Å². The van der Waals surface area contributed by atoms with Crippen molar-refractivity contribution in [3.8, 4) is 5.75 Å². The van der Waals surface area contributed by atoms with Gasteiger partial charge in [0.1, 0.15) is 11.6 Å². The molecule has 0 unspecified atom stereocenters. The highest BCUT2D eigenvalue weighted by molar-refractivity contribution is 5.88. The van der Waals surface area contributed by atoms with Gasteiger partial charge in [-0.25, -0.2) is 4.98 Å². The van der Waals surface area contributed by atoms with Crippen LogP contribution < -0.4 is 10.1 Å². The molecule has 0 spiro atoms. The summed E-state index contributed by atoms with van der Waals surface area (Å²) in [6.45, 7) is 0.819. The summed E-state index contributed by atoms with van der Waals surface area (Å²) in [5.74, 6) is 2.14. The number of aryl methyl sites for hydroxylation is 1. The topological polar surface area (TPSA) is 56.1 Å². The van der Waals surface area contributed by atoms with E-state index in [9.17, 15) is 4.79 Å². The molecular formula is C20H25N3O2. The second-order valence-electron chi connectivity index (χ2n) is 7.22. The number of imidazole rings is 1. The molecule has 0 saturated heterocycles. The van der Waals surface area contributed by atoms with Crippen molar-refractivity contribution >= 4 is 5.91 Å². The zero-order chi connectivity index (χ0) is 17.3. The summed E-state index contributed by atoms with van der Waals surface area (Å²) >= 11 is 0. The third kappa shape index (κ3) is 2.92. The maximum atomic E-state index is 13.3. The third-order valence-corrected chi connectivity index (χ3v) is 5.80. The molecule has 1 fully saturated rings. The number of fused-ring (bicyclic) bond motifs is 1. The molecular weight excluding hydrogens is 314 g/mol. The van der Waals surface area contributed by atoms with Gasteiger partial charge >= 0.3 is 0 Å². The first-order valence-electron chi connectivity index (χ1n) is 9.17. The van der Waals surface area contributed by atoms with Crippen LogP contribution in [-0.2, 0) is 23.2 Å². The molecule has 5 heteroatoms. The van der Waals surface area contributed by atoms with Crippen LogP contribution >= 0.6 is 0 Å². The Labute approximate surface area is 148 Å². The monoisotopic (exact) mass is 339 g/mol. The standard InChI is InChI=1S/C20H25N3O2/c1-25-17-7-4-15(5-8-17)20(10-2-3-11-20)19(24)22-16-6-9-18-21-12-13-23(18)14-16/h4-5,7-8,12-13,16H,2-3,6,9-11,14H2,1H3,(H,22,24)/t16-/m0/s1. The molecule has 5 nitrogen and oxygen atoms in total. The minimum Gasteiger partial charge on any atom is -0.497 e. The van der Waals surface area contributed by atoms with Crippen LogP contribution in [0.1, 0.15) is 43.5 Å². The zero-order valence-corrected chi connectivity index (χ0v) is 14.7. The summed E-state index contributed by atoms with van der Waals surface area (Å²) in [5, 5.41) is 3.34. The molecule has 0 radical (unpaired) electrons. The minimum absolute atomic E-state index is 0.184. The minimum atomic E-state index is -0.387. The molecule has 1 aromatic heterocycles. The number of rotatable bonds is 4. The molecule has 1 aliphatic heterocycles. The molecule has 1 aliphatic carbocycles. The van der Waals surface area contributed by atoms with Gasteiger partial charge in [-0.2, -0.15) is 0 Å². The number of carbonyl (C=O) groups excluding carboxylic acids is 1. The van der Waals surface area contributed by atoms with E-state index in [1.165, 1.54) is 0 Å². The van der Waals surface area contributed by atoms with Gasteiger partial charge in [-0.15, -0.1) is 0 Å². The highest BCUT2D eigenvalue weighted by Crippen LogP contribution is 2.42. The van der Waals surface area contributed by atoms with E-state index in [4.69, 9.17) is 4.74 Å². The maximum Gasteiger partial charge on any atom is 0.230 e. The molecule has 4 rings (SSSR count). The van der Waals surface area contributed by atoms with Crippen molar-refractivity contribution in [3.63, 3.8) is 0 Å². The highest BCUT2D eigenvalue weighted by Gasteiger charge is 2.43. The Morgan fingerprint density at radius 2 is 2.04 bits per heavy atom. The van der Waals surface area contributed by atoms with Crippen LogP contribution in [0.5, 0.6) is 5.75 Å². The molecule has 1 N–H and O–H groups in total. The molecule has 1 saturated carbocycles. The molecule has 132 valence electrons. The molecule has 2 aliphatic rings. The Morgan fingerprint density at radius 1 is 1.28 bits per heavy atom. The van der Waals surface area contributed by atoms with Gasteiger partial charge in [0.25, 0.3) is 0 Å².